The summed E-state index contributed by atoms with van der Waals surface area (Å²) in [5, 5.41) is 14.7. The zero-order valence-corrected chi connectivity index (χ0v) is 16.5. The van der Waals surface area contributed by atoms with Gasteiger partial charge in [-0.1, -0.05) is 30.3 Å². The van der Waals surface area contributed by atoms with E-state index in [9.17, 15) is 0 Å². The molecule has 4 aromatic rings. The summed E-state index contributed by atoms with van der Waals surface area (Å²) in [6.07, 6.45) is 1.67. The van der Waals surface area contributed by atoms with E-state index in [0.717, 1.165) is 39.0 Å². The van der Waals surface area contributed by atoms with Gasteiger partial charge in [-0.3, -0.25) is 0 Å². The number of hydrogen-bond donors (Lipinski definition) is 1. The summed E-state index contributed by atoms with van der Waals surface area (Å²) in [7, 11) is 0. The Morgan fingerprint density at radius 3 is 2.66 bits per heavy atom. The number of nitriles is 1. The minimum atomic E-state index is -0.0202. The van der Waals surface area contributed by atoms with Gasteiger partial charge in [0.1, 0.15) is 11.9 Å². The highest BCUT2D eigenvalue weighted by Gasteiger charge is 2.07. The Morgan fingerprint density at radius 2 is 1.86 bits per heavy atom. The summed E-state index contributed by atoms with van der Waals surface area (Å²) in [5.74, 6) is 1.22. The van der Waals surface area contributed by atoms with E-state index in [-0.39, 0.29) is 6.61 Å². The Hall–Kier alpha value is -3.76. The van der Waals surface area contributed by atoms with Crippen LogP contribution in [0.1, 0.15) is 5.69 Å². The highest BCUT2D eigenvalue weighted by atomic mass is 32.1. The topological polar surface area (TPSA) is 83.7 Å². The van der Waals surface area contributed by atoms with E-state index >= 15 is 0 Å². The fraction of sp³-hybridized carbons (Fsp3) is 0.0909. The van der Waals surface area contributed by atoms with Crippen molar-refractivity contribution in [1.29, 1.82) is 5.26 Å². The maximum absolute atomic E-state index is 8.63. The first-order valence-electron chi connectivity index (χ1n) is 8.94. The second kappa shape index (κ2) is 8.50. The summed E-state index contributed by atoms with van der Waals surface area (Å²) in [6, 6.07) is 19.7. The zero-order valence-electron chi connectivity index (χ0n) is 15.7. The molecule has 7 heteroatoms. The molecule has 0 bridgehead atoms. The molecule has 0 spiro atoms. The van der Waals surface area contributed by atoms with Crippen LogP contribution in [0.4, 0.5) is 10.9 Å². The van der Waals surface area contributed by atoms with Gasteiger partial charge in [-0.15, -0.1) is 11.3 Å². The van der Waals surface area contributed by atoms with Crippen molar-refractivity contribution in [2.45, 2.75) is 6.92 Å². The molecule has 3 aromatic heterocycles. The smallest absolute Gasteiger partial charge is 0.214 e. The van der Waals surface area contributed by atoms with Gasteiger partial charge in [-0.05, 0) is 36.2 Å². The molecule has 3 heterocycles. The number of aromatic nitrogens is 3. The predicted molar refractivity (Wildman–Crippen MR) is 114 cm³/mol. The van der Waals surface area contributed by atoms with Gasteiger partial charge in [-0.25, -0.2) is 15.0 Å². The van der Waals surface area contributed by atoms with Crippen LogP contribution in [-0.2, 0) is 0 Å². The van der Waals surface area contributed by atoms with Crippen molar-refractivity contribution in [2.24, 2.45) is 0 Å². The third-order valence-corrected chi connectivity index (χ3v) is 4.92. The fourth-order valence-corrected chi connectivity index (χ4v) is 3.52. The molecule has 0 radical (unpaired) electrons. The van der Waals surface area contributed by atoms with Gasteiger partial charge >= 0.3 is 0 Å². The van der Waals surface area contributed by atoms with Crippen LogP contribution in [-0.4, -0.2) is 21.6 Å². The van der Waals surface area contributed by atoms with Crippen LogP contribution in [0, 0.1) is 18.3 Å². The molecular formula is C22H17N5OS. The van der Waals surface area contributed by atoms with Gasteiger partial charge in [-0.2, -0.15) is 5.26 Å². The fourth-order valence-electron chi connectivity index (χ4n) is 2.79. The molecule has 4 rings (SSSR count). The second-order valence-electron chi connectivity index (χ2n) is 6.23. The highest BCUT2D eigenvalue weighted by Crippen LogP contribution is 2.29. The van der Waals surface area contributed by atoms with Crippen molar-refractivity contribution in [3.05, 3.63) is 71.9 Å². The quantitative estimate of drug-likeness (QED) is 0.478. The van der Waals surface area contributed by atoms with Crippen molar-refractivity contribution in [2.75, 3.05) is 11.9 Å². The van der Waals surface area contributed by atoms with Gasteiger partial charge in [0.05, 0.1) is 5.69 Å². The van der Waals surface area contributed by atoms with E-state index in [1.807, 2.05) is 73.0 Å². The average Bonchev–Trinajstić information content (AvgIpc) is 3.21. The molecule has 0 saturated heterocycles. The number of rotatable bonds is 6. The summed E-state index contributed by atoms with van der Waals surface area (Å²) in [6.45, 7) is 1.94. The van der Waals surface area contributed by atoms with E-state index in [1.165, 1.54) is 0 Å². The number of anilines is 2. The Balaban J connectivity index is 1.50. The van der Waals surface area contributed by atoms with E-state index in [1.54, 1.807) is 17.5 Å². The molecule has 1 aromatic carbocycles. The monoisotopic (exact) mass is 399 g/mol. The van der Waals surface area contributed by atoms with Crippen molar-refractivity contribution in [3.8, 4) is 34.3 Å². The van der Waals surface area contributed by atoms with Crippen molar-refractivity contribution >= 4 is 22.3 Å². The third kappa shape index (κ3) is 4.57. The summed E-state index contributed by atoms with van der Waals surface area (Å²) >= 11 is 1.54. The molecule has 29 heavy (non-hydrogen) atoms. The molecular weight excluding hydrogens is 382 g/mol. The van der Waals surface area contributed by atoms with Crippen molar-refractivity contribution in [3.63, 3.8) is 0 Å². The predicted octanol–water partition coefficient (Wildman–Crippen LogP) is 5.22. The molecule has 0 amide bonds. The molecule has 0 saturated carbocycles. The van der Waals surface area contributed by atoms with Crippen LogP contribution in [0.15, 0.2) is 66.2 Å². The standard InChI is InChI=1S/C22H17N5OS/c1-15-3-2-4-20(25-15)27-22-26-19(14-29-22)17-7-5-16(6-8-17)18-9-11-24-21(13-18)28-12-10-23/h2-9,11,13-14H,12H2,1H3,(H,25,26,27). The van der Waals surface area contributed by atoms with E-state index in [2.05, 4.69) is 20.3 Å². The Labute approximate surface area is 172 Å². The van der Waals surface area contributed by atoms with Gasteiger partial charge in [0, 0.05) is 28.9 Å². The number of benzene rings is 1. The molecule has 0 atom stereocenters. The van der Waals surface area contributed by atoms with E-state index in [4.69, 9.17) is 10.00 Å². The maximum atomic E-state index is 8.63. The van der Waals surface area contributed by atoms with E-state index < -0.39 is 0 Å². The van der Waals surface area contributed by atoms with Crippen LogP contribution < -0.4 is 10.1 Å². The second-order valence-corrected chi connectivity index (χ2v) is 7.09. The molecule has 0 fully saturated rings. The third-order valence-electron chi connectivity index (χ3n) is 4.16. The van der Waals surface area contributed by atoms with Gasteiger partial charge in [0.2, 0.25) is 5.88 Å². The van der Waals surface area contributed by atoms with Crippen LogP contribution >= 0.6 is 11.3 Å². The van der Waals surface area contributed by atoms with Gasteiger partial charge < -0.3 is 10.1 Å². The number of aryl methyl sites for hydroxylation is 1. The number of ether oxygens (including phenoxy) is 1. The van der Waals surface area contributed by atoms with Crippen LogP contribution in [0.5, 0.6) is 5.88 Å². The van der Waals surface area contributed by atoms with Gasteiger partial charge in [0.25, 0.3) is 0 Å². The molecule has 0 aliphatic heterocycles. The van der Waals surface area contributed by atoms with Crippen LogP contribution in [0.25, 0.3) is 22.4 Å². The lowest BCUT2D eigenvalue weighted by Gasteiger charge is -2.06. The summed E-state index contributed by atoms with van der Waals surface area (Å²) < 4.78 is 5.28. The Morgan fingerprint density at radius 1 is 1.03 bits per heavy atom. The van der Waals surface area contributed by atoms with Crippen molar-refractivity contribution < 1.29 is 4.74 Å². The lowest BCUT2D eigenvalue weighted by Crippen LogP contribution is -1.95. The molecule has 0 unspecified atom stereocenters. The minimum Gasteiger partial charge on any atom is -0.462 e. The largest absolute Gasteiger partial charge is 0.462 e. The van der Waals surface area contributed by atoms with Crippen LogP contribution in [0.2, 0.25) is 0 Å². The Bertz CT molecular complexity index is 1160. The summed E-state index contributed by atoms with van der Waals surface area (Å²) in [5.41, 5.74) is 4.91. The first-order chi connectivity index (χ1) is 14.2. The normalized spacial score (nSPS) is 10.3. The van der Waals surface area contributed by atoms with Crippen LogP contribution in [0.3, 0.4) is 0 Å². The number of thiazole rings is 1. The first kappa shape index (κ1) is 18.6. The van der Waals surface area contributed by atoms with Gasteiger partial charge in [0.15, 0.2) is 11.7 Å². The number of nitrogens with zero attached hydrogens (tertiary/aromatic N) is 4. The number of nitrogens with one attached hydrogen (secondary N) is 1. The average molecular weight is 399 g/mol. The lowest BCUT2D eigenvalue weighted by molar-refractivity contribution is 0.353. The SMILES string of the molecule is Cc1cccc(Nc2nc(-c3ccc(-c4ccnc(OCC#N)c4)cc3)cs2)n1. The summed E-state index contributed by atoms with van der Waals surface area (Å²) in [4.78, 5) is 13.2. The van der Waals surface area contributed by atoms with Crippen molar-refractivity contribution in [1.82, 2.24) is 15.0 Å². The molecule has 142 valence electrons. The number of pyridine rings is 2. The highest BCUT2D eigenvalue weighted by molar-refractivity contribution is 7.14. The maximum Gasteiger partial charge on any atom is 0.214 e. The molecule has 6 nitrogen and oxygen atoms in total. The number of hydrogen-bond acceptors (Lipinski definition) is 7. The lowest BCUT2D eigenvalue weighted by atomic mass is 10.0. The first-order valence-corrected chi connectivity index (χ1v) is 9.82. The van der Waals surface area contributed by atoms with E-state index in [0.29, 0.717) is 5.88 Å². The minimum absolute atomic E-state index is 0.0202. The molecule has 0 aliphatic carbocycles. The Kier molecular flexibility index (Phi) is 5.45. The molecule has 1 N–H and O–H groups in total. The zero-order chi connectivity index (χ0) is 20.1. The molecule has 0 aliphatic rings.